The van der Waals surface area contributed by atoms with E-state index >= 15 is 0 Å². The lowest BCUT2D eigenvalue weighted by molar-refractivity contribution is -0.142. The normalized spacial score (nSPS) is 13.7. The third-order valence-corrected chi connectivity index (χ3v) is 4.07. The van der Waals surface area contributed by atoms with Gasteiger partial charge in [0.25, 0.3) is 0 Å². The molecule has 1 saturated heterocycles. The van der Waals surface area contributed by atoms with Crippen LogP contribution in [0.15, 0.2) is 24.3 Å². The van der Waals surface area contributed by atoms with Gasteiger partial charge >= 0.3 is 11.8 Å². The van der Waals surface area contributed by atoms with Crippen molar-refractivity contribution in [3.8, 4) is 0 Å². The summed E-state index contributed by atoms with van der Waals surface area (Å²) in [5.74, 6) is -0.271. The molecule has 0 atom stereocenters. The molecule has 1 aromatic heterocycles. The summed E-state index contributed by atoms with van der Waals surface area (Å²) in [7, 11) is 0. The van der Waals surface area contributed by atoms with Gasteiger partial charge in [0.2, 0.25) is 0 Å². The molecule has 0 aromatic carbocycles. The van der Waals surface area contributed by atoms with Crippen molar-refractivity contribution in [2.24, 2.45) is 0 Å². The molecule has 1 aromatic rings. The Morgan fingerprint density at radius 2 is 2.00 bits per heavy atom. The van der Waals surface area contributed by atoms with E-state index in [1.807, 2.05) is 32.9 Å². The first-order chi connectivity index (χ1) is 11.4. The second-order valence-electron chi connectivity index (χ2n) is 6.23. The van der Waals surface area contributed by atoms with Crippen molar-refractivity contribution < 1.29 is 9.59 Å². The smallest absolute Gasteiger partial charge is 0.313 e. The Kier molecular flexibility index (Phi) is 5.95. The van der Waals surface area contributed by atoms with E-state index in [2.05, 4.69) is 21.8 Å². The predicted molar refractivity (Wildman–Crippen MR) is 96.1 cm³/mol. The Balaban J connectivity index is 2.05. The van der Waals surface area contributed by atoms with Gasteiger partial charge in [0, 0.05) is 26.2 Å². The first-order valence-corrected chi connectivity index (χ1v) is 8.39. The van der Waals surface area contributed by atoms with E-state index in [0.717, 1.165) is 24.5 Å². The Morgan fingerprint density at radius 1 is 1.33 bits per heavy atom. The van der Waals surface area contributed by atoms with E-state index in [1.54, 1.807) is 0 Å². The summed E-state index contributed by atoms with van der Waals surface area (Å²) in [6, 6.07) is 3.71. The lowest BCUT2D eigenvalue weighted by Gasteiger charge is -2.21. The predicted octanol–water partition coefficient (Wildman–Crippen LogP) is 2.35. The van der Waals surface area contributed by atoms with Crippen LogP contribution in [0, 0.1) is 6.92 Å². The molecule has 0 unspecified atom stereocenters. The number of nitrogens with zero attached hydrogens (tertiary/aromatic N) is 3. The van der Waals surface area contributed by atoms with Crippen LogP contribution < -0.4 is 10.2 Å². The van der Waals surface area contributed by atoms with E-state index in [9.17, 15) is 9.59 Å². The largest absolute Gasteiger partial charge is 0.357 e. The molecule has 0 spiro atoms. The van der Waals surface area contributed by atoms with Crippen LogP contribution in [0.1, 0.15) is 32.4 Å². The standard InChI is InChI=1S/C18H26N4O2/c1-5-21(12-13(2)3)18(24)17(23)20-15-8-9-16(19-14(15)4)22-10-6-7-11-22/h8-9H,2,5-7,10-12H2,1,3-4H3,(H,20,23). The molecule has 6 heteroatoms. The number of rotatable bonds is 5. The second-order valence-corrected chi connectivity index (χ2v) is 6.23. The van der Waals surface area contributed by atoms with Crippen LogP contribution in [-0.2, 0) is 9.59 Å². The number of carbonyl (C=O) groups excluding carboxylic acids is 2. The Hall–Kier alpha value is -2.37. The highest BCUT2D eigenvalue weighted by Gasteiger charge is 2.22. The quantitative estimate of drug-likeness (QED) is 0.665. The molecule has 1 N–H and O–H groups in total. The second kappa shape index (κ2) is 7.95. The van der Waals surface area contributed by atoms with Gasteiger partial charge in [0.1, 0.15) is 5.82 Å². The number of likely N-dealkylation sites (N-methyl/N-ethyl adjacent to an activating group) is 1. The molecule has 1 fully saturated rings. The van der Waals surface area contributed by atoms with E-state index in [0.29, 0.717) is 24.5 Å². The van der Waals surface area contributed by atoms with Crippen molar-refractivity contribution in [2.75, 3.05) is 36.4 Å². The number of aromatic nitrogens is 1. The summed E-state index contributed by atoms with van der Waals surface area (Å²) in [5.41, 5.74) is 2.12. The van der Waals surface area contributed by atoms with Gasteiger partial charge in [-0.25, -0.2) is 4.98 Å². The molecule has 0 saturated carbocycles. The average Bonchev–Trinajstić information content (AvgIpc) is 3.08. The van der Waals surface area contributed by atoms with Crippen LogP contribution >= 0.6 is 0 Å². The summed E-state index contributed by atoms with van der Waals surface area (Å²) < 4.78 is 0. The van der Waals surface area contributed by atoms with E-state index < -0.39 is 11.8 Å². The van der Waals surface area contributed by atoms with Gasteiger partial charge in [-0.15, -0.1) is 0 Å². The number of pyridine rings is 1. The summed E-state index contributed by atoms with van der Waals surface area (Å²) >= 11 is 0. The average molecular weight is 330 g/mol. The molecule has 130 valence electrons. The van der Waals surface area contributed by atoms with Crippen LogP contribution in [-0.4, -0.2) is 47.9 Å². The SMILES string of the molecule is C=C(C)CN(CC)C(=O)C(=O)Nc1ccc(N2CCCC2)nc1C. The molecule has 1 aliphatic rings. The Morgan fingerprint density at radius 3 is 2.54 bits per heavy atom. The van der Waals surface area contributed by atoms with Crippen LogP contribution in [0.25, 0.3) is 0 Å². The van der Waals surface area contributed by atoms with Gasteiger partial charge in [0.05, 0.1) is 11.4 Å². The third-order valence-electron chi connectivity index (χ3n) is 4.07. The maximum absolute atomic E-state index is 12.2. The maximum atomic E-state index is 12.2. The monoisotopic (exact) mass is 330 g/mol. The number of hydrogen-bond acceptors (Lipinski definition) is 4. The molecule has 0 bridgehead atoms. The maximum Gasteiger partial charge on any atom is 0.313 e. The molecule has 2 heterocycles. The molecule has 24 heavy (non-hydrogen) atoms. The number of nitrogens with one attached hydrogen (secondary N) is 1. The van der Waals surface area contributed by atoms with Gasteiger partial charge in [-0.1, -0.05) is 12.2 Å². The Bertz CT molecular complexity index is 636. The summed E-state index contributed by atoms with van der Waals surface area (Å²) in [6.07, 6.45) is 2.37. The molecule has 6 nitrogen and oxygen atoms in total. The molecule has 2 rings (SSSR count). The lowest BCUT2D eigenvalue weighted by atomic mass is 10.2. The zero-order chi connectivity index (χ0) is 17.7. The molecule has 0 aliphatic carbocycles. The molecular formula is C18H26N4O2. The number of amides is 2. The van der Waals surface area contributed by atoms with Crippen molar-refractivity contribution >= 4 is 23.3 Å². The minimum Gasteiger partial charge on any atom is -0.357 e. The van der Waals surface area contributed by atoms with Gasteiger partial charge in [0.15, 0.2) is 0 Å². The third kappa shape index (κ3) is 4.34. The highest BCUT2D eigenvalue weighted by molar-refractivity contribution is 6.39. The number of anilines is 2. The molecular weight excluding hydrogens is 304 g/mol. The van der Waals surface area contributed by atoms with Crippen LogP contribution in [0.3, 0.4) is 0 Å². The highest BCUT2D eigenvalue weighted by atomic mass is 16.2. The molecule has 2 amide bonds. The van der Waals surface area contributed by atoms with Crippen molar-refractivity contribution in [3.63, 3.8) is 0 Å². The fourth-order valence-electron chi connectivity index (χ4n) is 2.77. The van der Waals surface area contributed by atoms with Crippen LogP contribution in [0.5, 0.6) is 0 Å². The fourth-order valence-corrected chi connectivity index (χ4v) is 2.77. The van der Waals surface area contributed by atoms with Crippen molar-refractivity contribution in [2.45, 2.75) is 33.6 Å². The lowest BCUT2D eigenvalue weighted by Crippen LogP contribution is -2.40. The van der Waals surface area contributed by atoms with Gasteiger partial charge in [-0.05, 0) is 45.7 Å². The summed E-state index contributed by atoms with van der Waals surface area (Å²) in [4.78, 5) is 32.7. The van der Waals surface area contributed by atoms with Crippen molar-refractivity contribution in [3.05, 3.63) is 30.0 Å². The van der Waals surface area contributed by atoms with Crippen molar-refractivity contribution in [1.82, 2.24) is 9.88 Å². The van der Waals surface area contributed by atoms with Crippen molar-refractivity contribution in [1.29, 1.82) is 0 Å². The fraction of sp³-hybridized carbons (Fsp3) is 0.500. The number of hydrogen-bond donors (Lipinski definition) is 1. The molecule has 1 aliphatic heterocycles. The van der Waals surface area contributed by atoms with E-state index in [1.165, 1.54) is 17.7 Å². The summed E-state index contributed by atoms with van der Waals surface area (Å²) in [6.45, 7) is 12.2. The van der Waals surface area contributed by atoms with Gasteiger partial charge in [-0.3, -0.25) is 9.59 Å². The topological polar surface area (TPSA) is 65.5 Å². The first-order valence-electron chi connectivity index (χ1n) is 8.39. The first kappa shape index (κ1) is 18.0. The zero-order valence-corrected chi connectivity index (χ0v) is 14.8. The highest BCUT2D eigenvalue weighted by Crippen LogP contribution is 2.22. The minimum atomic E-state index is -0.642. The van der Waals surface area contributed by atoms with Crippen LogP contribution in [0.4, 0.5) is 11.5 Å². The zero-order valence-electron chi connectivity index (χ0n) is 14.8. The van der Waals surface area contributed by atoms with Crippen LogP contribution in [0.2, 0.25) is 0 Å². The minimum absolute atomic E-state index is 0.383. The number of carbonyl (C=O) groups is 2. The Labute approximate surface area is 143 Å². The van der Waals surface area contributed by atoms with Gasteiger partial charge < -0.3 is 15.1 Å². The number of aryl methyl sites for hydroxylation is 1. The summed E-state index contributed by atoms with van der Waals surface area (Å²) in [5, 5.41) is 2.67. The van der Waals surface area contributed by atoms with E-state index in [-0.39, 0.29) is 0 Å². The van der Waals surface area contributed by atoms with Gasteiger partial charge in [-0.2, -0.15) is 0 Å². The van der Waals surface area contributed by atoms with E-state index in [4.69, 9.17) is 0 Å². The molecule has 0 radical (unpaired) electrons.